The molecule has 1 radical (unpaired) electrons. The minimum Gasteiger partial charge on any atom is -0.490 e. The molecule has 0 aromatic heterocycles. The quantitative estimate of drug-likeness (QED) is 0.745. The lowest BCUT2D eigenvalue weighted by Gasteiger charge is -2.12. The fraction of sp³-hybridized carbons (Fsp3) is 0.333. The lowest BCUT2D eigenvalue weighted by atomic mass is 10.2. The normalized spacial score (nSPS) is 11.4. The highest BCUT2D eigenvalue weighted by Crippen LogP contribution is 2.35. The number of hydrogen-bond donors (Lipinski definition) is 0. The van der Waals surface area contributed by atoms with Crippen LogP contribution in [0.1, 0.15) is 5.56 Å². The first-order chi connectivity index (χ1) is 6.55. The van der Waals surface area contributed by atoms with E-state index in [-0.39, 0.29) is 12.4 Å². The van der Waals surface area contributed by atoms with Gasteiger partial charge in [0.05, 0.1) is 5.56 Å². The summed E-state index contributed by atoms with van der Waals surface area (Å²) in [6, 6.07) is 4.81. The highest BCUT2D eigenvalue weighted by Gasteiger charge is 2.33. The van der Waals surface area contributed by atoms with Gasteiger partial charge in [-0.1, -0.05) is 12.1 Å². The molecule has 0 N–H and O–H groups in total. The van der Waals surface area contributed by atoms with E-state index in [4.69, 9.17) is 0 Å². The molecule has 1 aromatic carbocycles. The summed E-state index contributed by atoms with van der Waals surface area (Å²) < 4.78 is 41.6. The van der Waals surface area contributed by atoms with E-state index in [1.165, 1.54) is 18.2 Å². The Labute approximate surface area is 78.9 Å². The van der Waals surface area contributed by atoms with Gasteiger partial charge in [0.25, 0.3) is 0 Å². The van der Waals surface area contributed by atoms with Crippen LogP contribution in [-0.2, 0) is 11.3 Å². The monoisotopic (exact) mass is 205 g/mol. The van der Waals surface area contributed by atoms with E-state index < -0.39 is 18.3 Å². The third kappa shape index (κ3) is 2.63. The SMILES string of the molecule is [O]CCOc1ccccc1C(F)(F)F. The van der Waals surface area contributed by atoms with Crippen molar-refractivity contribution >= 4 is 0 Å². The Kier molecular flexibility index (Phi) is 3.35. The first-order valence-electron chi connectivity index (χ1n) is 3.93. The van der Waals surface area contributed by atoms with E-state index in [9.17, 15) is 18.3 Å². The Hall–Kier alpha value is -1.23. The molecule has 0 atom stereocenters. The number of halogens is 3. The van der Waals surface area contributed by atoms with Crippen molar-refractivity contribution in [3.8, 4) is 5.75 Å². The van der Waals surface area contributed by atoms with Gasteiger partial charge in [0.1, 0.15) is 19.0 Å². The zero-order chi connectivity index (χ0) is 10.6. The smallest absolute Gasteiger partial charge is 0.419 e. The first-order valence-corrected chi connectivity index (χ1v) is 3.93. The molecule has 0 fully saturated rings. The van der Waals surface area contributed by atoms with Crippen LogP contribution in [-0.4, -0.2) is 13.2 Å². The molecular weight excluding hydrogens is 197 g/mol. The number of alkyl halides is 3. The van der Waals surface area contributed by atoms with Gasteiger partial charge in [-0.3, -0.25) is 0 Å². The molecule has 0 aliphatic heterocycles. The molecule has 0 saturated carbocycles. The van der Waals surface area contributed by atoms with Crippen molar-refractivity contribution in [1.29, 1.82) is 0 Å². The van der Waals surface area contributed by atoms with E-state index in [2.05, 4.69) is 4.74 Å². The van der Waals surface area contributed by atoms with Gasteiger partial charge in [-0.2, -0.15) is 13.2 Å². The molecular formula is C9H8F3O2. The lowest BCUT2D eigenvalue weighted by molar-refractivity contribution is -0.139. The van der Waals surface area contributed by atoms with Gasteiger partial charge in [-0.15, -0.1) is 0 Å². The largest absolute Gasteiger partial charge is 0.490 e. The van der Waals surface area contributed by atoms with Crippen LogP contribution in [0.5, 0.6) is 5.75 Å². The van der Waals surface area contributed by atoms with Crippen molar-refractivity contribution < 1.29 is 23.0 Å². The average Bonchev–Trinajstić information content (AvgIpc) is 2.14. The first kappa shape index (κ1) is 10.8. The maximum atomic E-state index is 12.3. The second kappa shape index (κ2) is 4.32. The van der Waals surface area contributed by atoms with Crippen LogP contribution >= 0.6 is 0 Å². The van der Waals surface area contributed by atoms with Gasteiger partial charge in [0, 0.05) is 0 Å². The molecule has 14 heavy (non-hydrogen) atoms. The molecule has 0 aliphatic carbocycles. The van der Waals surface area contributed by atoms with Crippen molar-refractivity contribution in [3.05, 3.63) is 29.8 Å². The summed E-state index contributed by atoms with van der Waals surface area (Å²) in [5.74, 6) is -0.296. The van der Waals surface area contributed by atoms with Gasteiger partial charge in [0.15, 0.2) is 0 Å². The van der Waals surface area contributed by atoms with Crippen LogP contribution in [0.25, 0.3) is 0 Å². The molecule has 1 aromatic rings. The van der Waals surface area contributed by atoms with E-state index in [1.807, 2.05) is 0 Å². The third-order valence-electron chi connectivity index (χ3n) is 1.53. The van der Waals surface area contributed by atoms with Crippen LogP contribution in [0.15, 0.2) is 24.3 Å². The Morgan fingerprint density at radius 3 is 2.43 bits per heavy atom. The maximum Gasteiger partial charge on any atom is 0.419 e. The molecule has 0 saturated heterocycles. The minimum absolute atomic E-state index is 0.257. The number of benzene rings is 1. The lowest BCUT2D eigenvalue weighted by Crippen LogP contribution is -2.10. The summed E-state index contributed by atoms with van der Waals surface area (Å²) >= 11 is 0. The Morgan fingerprint density at radius 2 is 1.86 bits per heavy atom. The Morgan fingerprint density at radius 1 is 1.21 bits per heavy atom. The minimum atomic E-state index is -4.44. The van der Waals surface area contributed by atoms with Crippen LogP contribution in [0.4, 0.5) is 13.2 Å². The van der Waals surface area contributed by atoms with Crippen molar-refractivity contribution in [2.75, 3.05) is 13.2 Å². The van der Waals surface area contributed by atoms with Crippen LogP contribution in [0, 0.1) is 0 Å². The molecule has 77 valence electrons. The second-order valence-electron chi connectivity index (χ2n) is 2.55. The van der Waals surface area contributed by atoms with Crippen molar-refractivity contribution in [2.45, 2.75) is 6.18 Å². The van der Waals surface area contributed by atoms with Crippen LogP contribution < -0.4 is 4.74 Å². The fourth-order valence-electron chi connectivity index (χ4n) is 0.978. The molecule has 0 amide bonds. The predicted octanol–water partition coefficient (Wildman–Crippen LogP) is 2.51. The molecule has 1 rings (SSSR count). The Bertz CT molecular complexity index is 296. The van der Waals surface area contributed by atoms with Crippen LogP contribution in [0.2, 0.25) is 0 Å². The number of rotatable bonds is 3. The summed E-state index contributed by atoms with van der Waals surface area (Å²) in [6.07, 6.45) is -4.44. The van der Waals surface area contributed by atoms with Gasteiger partial charge in [0.2, 0.25) is 0 Å². The molecule has 2 nitrogen and oxygen atoms in total. The van der Waals surface area contributed by atoms with Crippen molar-refractivity contribution in [1.82, 2.24) is 0 Å². The fourth-order valence-corrected chi connectivity index (χ4v) is 0.978. The molecule has 5 heteroatoms. The van der Waals surface area contributed by atoms with Crippen molar-refractivity contribution in [3.63, 3.8) is 0 Å². The zero-order valence-corrected chi connectivity index (χ0v) is 7.17. The summed E-state index contributed by atoms with van der Waals surface area (Å²) in [7, 11) is 0. The molecule has 0 spiro atoms. The van der Waals surface area contributed by atoms with Crippen LogP contribution in [0.3, 0.4) is 0 Å². The highest BCUT2D eigenvalue weighted by molar-refractivity contribution is 5.35. The molecule has 0 aliphatic rings. The maximum absolute atomic E-state index is 12.3. The standard InChI is InChI=1S/C9H8F3O2/c10-9(11,12)7-3-1-2-4-8(7)14-6-5-13/h1-4H,5-6H2. The van der Waals surface area contributed by atoms with E-state index in [0.717, 1.165) is 6.07 Å². The van der Waals surface area contributed by atoms with E-state index in [0.29, 0.717) is 0 Å². The molecule has 0 bridgehead atoms. The van der Waals surface area contributed by atoms with Crippen molar-refractivity contribution in [2.24, 2.45) is 0 Å². The molecule has 0 unspecified atom stereocenters. The zero-order valence-electron chi connectivity index (χ0n) is 7.17. The summed E-state index contributed by atoms with van der Waals surface area (Å²) in [5, 5.41) is 10.1. The Balaban J connectivity index is 2.92. The number of para-hydroxylation sites is 1. The average molecular weight is 205 g/mol. The van der Waals surface area contributed by atoms with E-state index in [1.54, 1.807) is 0 Å². The van der Waals surface area contributed by atoms with E-state index >= 15 is 0 Å². The van der Waals surface area contributed by atoms with Gasteiger partial charge < -0.3 is 4.74 Å². The van der Waals surface area contributed by atoms with Gasteiger partial charge in [-0.25, -0.2) is 5.11 Å². The second-order valence-corrected chi connectivity index (χ2v) is 2.55. The highest BCUT2D eigenvalue weighted by atomic mass is 19.4. The summed E-state index contributed by atoms with van der Waals surface area (Å²) in [6.45, 7) is -0.820. The van der Waals surface area contributed by atoms with Gasteiger partial charge in [-0.05, 0) is 12.1 Å². The summed E-state index contributed by atoms with van der Waals surface area (Å²) in [4.78, 5) is 0. The summed E-state index contributed by atoms with van der Waals surface area (Å²) in [5.41, 5.74) is -0.853. The predicted molar refractivity (Wildman–Crippen MR) is 42.5 cm³/mol. The topological polar surface area (TPSA) is 29.1 Å². The van der Waals surface area contributed by atoms with Gasteiger partial charge >= 0.3 is 6.18 Å². The number of ether oxygens (including phenoxy) is 1. The third-order valence-corrected chi connectivity index (χ3v) is 1.53. The molecule has 0 heterocycles. The number of hydrogen-bond acceptors (Lipinski definition) is 1.